The molecule has 1 aromatic rings. The summed E-state index contributed by atoms with van der Waals surface area (Å²) in [5.41, 5.74) is 2.74. The zero-order valence-corrected chi connectivity index (χ0v) is 23.1. The average molecular weight is 560 g/mol. The number of likely N-dealkylation sites (tertiary alicyclic amines) is 1. The number of amides is 1. The molecular formula is C28H34ClN3O7. The van der Waals surface area contributed by atoms with Gasteiger partial charge in [0.2, 0.25) is 5.78 Å². The minimum Gasteiger partial charge on any atom is -0.510 e. The summed E-state index contributed by atoms with van der Waals surface area (Å²) < 4.78 is 0. The number of aliphatic hydroxyl groups excluding tert-OH is 2. The summed E-state index contributed by atoms with van der Waals surface area (Å²) in [6, 6.07) is 1.12. The maximum absolute atomic E-state index is 13.8. The number of Topliss-reactive ketones (excluding diaryl/α,β-unsaturated/α-hetero) is 2. The first-order valence-corrected chi connectivity index (χ1v) is 13.5. The first kappa shape index (κ1) is 27.6. The Bertz CT molecular complexity index is 1360. The molecule has 0 aromatic heterocycles. The summed E-state index contributed by atoms with van der Waals surface area (Å²) in [6.07, 6.45) is 2.30. The second-order valence-corrected chi connectivity index (χ2v) is 12.0. The highest BCUT2D eigenvalue weighted by atomic mass is 35.5. The Morgan fingerprint density at radius 1 is 1.18 bits per heavy atom. The van der Waals surface area contributed by atoms with E-state index in [9.17, 15) is 34.8 Å². The molecular weight excluding hydrogens is 526 g/mol. The standard InChI is InChI=1S/C28H34ClN3O7/c1-11-5-6-12(2)32(11)10-14-9-17(33)19-15(21(14)29)7-13-8-16-22(31(3)4)24(35)20(27(30)38)26(37)28(16,39)25(36)18(13)23(19)34/h9,11-13,16,22,33,35-36,39H,5-8,10H2,1-4H3,(H2,30,38)/t11?,12?,13-,16-,22-,28-/m0/s1. The number of halogens is 1. The predicted molar refractivity (Wildman–Crippen MR) is 142 cm³/mol. The van der Waals surface area contributed by atoms with Gasteiger partial charge in [0.1, 0.15) is 22.8 Å². The number of benzene rings is 1. The van der Waals surface area contributed by atoms with Crippen molar-refractivity contribution in [3.05, 3.63) is 50.4 Å². The van der Waals surface area contributed by atoms with E-state index >= 15 is 0 Å². The van der Waals surface area contributed by atoms with Crippen LogP contribution in [0.2, 0.25) is 5.02 Å². The van der Waals surface area contributed by atoms with E-state index in [4.69, 9.17) is 17.3 Å². The third-order valence-corrected chi connectivity index (χ3v) is 9.69. The lowest BCUT2D eigenvalue weighted by Gasteiger charge is -2.50. The highest BCUT2D eigenvalue weighted by Gasteiger charge is 2.63. The Morgan fingerprint density at radius 2 is 1.79 bits per heavy atom. The summed E-state index contributed by atoms with van der Waals surface area (Å²) in [6.45, 7) is 4.79. The molecule has 11 heteroatoms. The van der Waals surface area contributed by atoms with Crippen LogP contribution >= 0.6 is 11.6 Å². The van der Waals surface area contributed by atoms with Gasteiger partial charge in [0.25, 0.3) is 5.91 Å². The highest BCUT2D eigenvalue weighted by molar-refractivity contribution is 6.33. The number of hydrogen-bond donors (Lipinski definition) is 5. The summed E-state index contributed by atoms with van der Waals surface area (Å²) in [4.78, 5) is 43.1. The molecule has 0 spiro atoms. The number of carbonyl (C=O) groups excluding carboxylic acids is 3. The molecule has 10 nitrogen and oxygen atoms in total. The van der Waals surface area contributed by atoms with Crippen LogP contribution in [0.25, 0.3) is 0 Å². The van der Waals surface area contributed by atoms with Gasteiger partial charge < -0.3 is 26.2 Å². The topological polar surface area (TPSA) is 165 Å². The lowest BCUT2D eigenvalue weighted by atomic mass is 9.58. The number of allylic oxidation sites excluding steroid dienone is 1. The van der Waals surface area contributed by atoms with Gasteiger partial charge in [0.05, 0.1) is 11.6 Å². The Hall–Kier alpha value is -2.92. The van der Waals surface area contributed by atoms with Crippen molar-refractivity contribution >= 4 is 29.1 Å². The summed E-state index contributed by atoms with van der Waals surface area (Å²) in [5.74, 6) is -6.77. The molecule has 39 heavy (non-hydrogen) atoms. The zero-order chi connectivity index (χ0) is 28.7. The van der Waals surface area contributed by atoms with E-state index < -0.39 is 58.0 Å². The number of phenolic OH excluding ortho intramolecular Hbond substituents is 1. The molecule has 1 saturated heterocycles. The fourth-order valence-electron chi connectivity index (χ4n) is 7.23. The quantitative estimate of drug-likeness (QED) is 0.347. The largest absolute Gasteiger partial charge is 0.510 e. The molecule has 1 aromatic carbocycles. The molecule has 1 amide bonds. The molecule has 5 rings (SSSR count). The van der Waals surface area contributed by atoms with Crippen molar-refractivity contribution in [1.82, 2.24) is 9.80 Å². The second-order valence-electron chi connectivity index (χ2n) is 11.6. The number of aliphatic hydroxyl groups is 3. The van der Waals surface area contributed by atoms with E-state index in [1.165, 1.54) is 11.0 Å². The average Bonchev–Trinajstić information content (AvgIpc) is 3.16. The first-order chi connectivity index (χ1) is 18.2. The minimum atomic E-state index is -2.66. The van der Waals surface area contributed by atoms with Gasteiger partial charge in [-0.1, -0.05) is 11.6 Å². The molecule has 6 atom stereocenters. The molecule has 1 aliphatic heterocycles. The van der Waals surface area contributed by atoms with Gasteiger partial charge in [-0.3, -0.25) is 24.2 Å². The Kier molecular flexibility index (Phi) is 6.61. The van der Waals surface area contributed by atoms with Crippen molar-refractivity contribution in [2.24, 2.45) is 17.6 Å². The molecule has 2 unspecified atom stereocenters. The lowest BCUT2D eigenvalue weighted by Crippen LogP contribution is -2.63. The SMILES string of the molecule is CC1CCC(C)N1Cc1cc(O)c2c(c1Cl)C[C@H]1C[C@H]3[C@H](N(C)C)C(O)=C(C(N)=O)C(=O)[C@@]3(O)C(O)=C1C2=O. The molecule has 1 heterocycles. The number of likely N-dealkylation sites (N-methyl/N-ethyl adjacent to an activating group) is 1. The number of fused-ring (bicyclic) bond motifs is 3. The van der Waals surface area contributed by atoms with Gasteiger partial charge in [0.15, 0.2) is 11.4 Å². The molecule has 0 radical (unpaired) electrons. The van der Waals surface area contributed by atoms with E-state index in [0.29, 0.717) is 34.8 Å². The predicted octanol–water partition coefficient (Wildman–Crippen LogP) is 2.15. The van der Waals surface area contributed by atoms with Gasteiger partial charge in [-0.2, -0.15) is 0 Å². The van der Waals surface area contributed by atoms with E-state index in [-0.39, 0.29) is 29.7 Å². The zero-order valence-electron chi connectivity index (χ0n) is 22.4. The molecule has 3 aliphatic carbocycles. The maximum Gasteiger partial charge on any atom is 0.255 e. The van der Waals surface area contributed by atoms with Gasteiger partial charge in [-0.15, -0.1) is 0 Å². The Labute approximate surface area is 231 Å². The number of ketones is 2. The molecule has 210 valence electrons. The van der Waals surface area contributed by atoms with Crippen molar-refractivity contribution < 1.29 is 34.8 Å². The highest BCUT2D eigenvalue weighted by Crippen LogP contribution is 2.53. The molecule has 0 bridgehead atoms. The number of phenols is 1. The van der Waals surface area contributed by atoms with Crippen molar-refractivity contribution in [3.63, 3.8) is 0 Å². The normalized spacial score (nSPS) is 32.9. The summed E-state index contributed by atoms with van der Waals surface area (Å²) >= 11 is 6.87. The summed E-state index contributed by atoms with van der Waals surface area (Å²) in [5, 5.41) is 45.3. The van der Waals surface area contributed by atoms with Crippen molar-refractivity contribution in [2.45, 2.75) is 69.8 Å². The second kappa shape index (κ2) is 9.33. The first-order valence-electron chi connectivity index (χ1n) is 13.1. The number of nitrogens with two attached hydrogens (primary N) is 1. The molecule has 0 saturated carbocycles. The van der Waals surface area contributed by atoms with Crippen LogP contribution in [-0.2, 0) is 22.6 Å². The lowest BCUT2D eigenvalue weighted by molar-refractivity contribution is -0.148. The van der Waals surface area contributed by atoms with Crippen LogP contribution in [-0.4, -0.2) is 85.5 Å². The van der Waals surface area contributed by atoms with Crippen LogP contribution in [0.15, 0.2) is 28.7 Å². The monoisotopic (exact) mass is 559 g/mol. The van der Waals surface area contributed by atoms with Gasteiger partial charge in [-0.25, -0.2) is 0 Å². The summed E-state index contributed by atoms with van der Waals surface area (Å²) in [7, 11) is 3.18. The van der Waals surface area contributed by atoms with Crippen molar-refractivity contribution in [2.75, 3.05) is 14.1 Å². The van der Waals surface area contributed by atoms with Gasteiger partial charge in [0, 0.05) is 35.1 Å². The van der Waals surface area contributed by atoms with Crippen LogP contribution in [0.1, 0.15) is 54.6 Å². The molecule has 1 fully saturated rings. The van der Waals surface area contributed by atoms with Crippen LogP contribution in [0.5, 0.6) is 5.75 Å². The van der Waals surface area contributed by atoms with Crippen molar-refractivity contribution in [1.29, 1.82) is 0 Å². The number of rotatable bonds is 4. The maximum atomic E-state index is 13.8. The minimum absolute atomic E-state index is 0.0211. The van der Waals surface area contributed by atoms with Gasteiger partial charge >= 0.3 is 0 Å². The number of primary amides is 1. The smallest absolute Gasteiger partial charge is 0.255 e. The third kappa shape index (κ3) is 3.83. The van der Waals surface area contributed by atoms with Crippen LogP contribution in [0, 0.1) is 11.8 Å². The van der Waals surface area contributed by atoms with Crippen LogP contribution in [0.4, 0.5) is 0 Å². The Balaban J connectivity index is 1.63. The van der Waals surface area contributed by atoms with Gasteiger partial charge in [-0.05, 0) is 76.7 Å². The number of hydrogen-bond acceptors (Lipinski definition) is 9. The van der Waals surface area contributed by atoms with E-state index in [0.717, 1.165) is 12.8 Å². The fourth-order valence-corrected chi connectivity index (χ4v) is 7.51. The van der Waals surface area contributed by atoms with E-state index in [2.05, 4.69) is 18.7 Å². The molecule has 4 aliphatic rings. The fraction of sp³-hybridized carbons (Fsp3) is 0.536. The van der Waals surface area contributed by atoms with E-state index in [1.807, 2.05) is 0 Å². The Morgan fingerprint density at radius 3 is 2.36 bits per heavy atom. The number of nitrogens with zero attached hydrogens (tertiary/aromatic N) is 2. The van der Waals surface area contributed by atoms with Crippen LogP contribution in [0.3, 0.4) is 0 Å². The van der Waals surface area contributed by atoms with Crippen molar-refractivity contribution in [3.8, 4) is 5.75 Å². The molecule has 6 N–H and O–H groups in total. The number of aromatic hydroxyl groups is 1. The van der Waals surface area contributed by atoms with Crippen LogP contribution < -0.4 is 5.73 Å². The third-order valence-electron chi connectivity index (χ3n) is 9.22. The number of carbonyl (C=O) groups is 3. The van der Waals surface area contributed by atoms with E-state index in [1.54, 1.807) is 14.1 Å².